The lowest BCUT2D eigenvalue weighted by atomic mass is 10.2. The van der Waals surface area contributed by atoms with Gasteiger partial charge in [-0.15, -0.1) is 11.8 Å². The summed E-state index contributed by atoms with van der Waals surface area (Å²) in [5, 5.41) is 9.66. The molecule has 0 aliphatic rings. The van der Waals surface area contributed by atoms with Gasteiger partial charge in [-0.1, -0.05) is 42.5 Å². The molecule has 94 valence electrons. The molecule has 0 fully saturated rings. The molecule has 2 aromatic rings. The van der Waals surface area contributed by atoms with Crippen LogP contribution in [-0.4, -0.2) is 11.7 Å². The Balaban J connectivity index is 1.99. The van der Waals surface area contributed by atoms with Crippen LogP contribution in [0.15, 0.2) is 54.6 Å². The van der Waals surface area contributed by atoms with Gasteiger partial charge in [0, 0.05) is 9.32 Å². The Hall–Kier alpha value is -0.520. The van der Waals surface area contributed by atoms with Crippen molar-refractivity contribution >= 4 is 34.4 Å². The maximum atomic E-state index is 9.50. The van der Waals surface area contributed by atoms with Crippen LogP contribution in [0.1, 0.15) is 16.4 Å². The number of hydrogen-bond donors (Lipinski definition) is 1. The van der Waals surface area contributed by atoms with Crippen LogP contribution < -0.4 is 0 Å². The minimum Gasteiger partial charge on any atom is -0.395 e. The third-order valence-electron chi connectivity index (χ3n) is 2.70. The highest BCUT2D eigenvalue weighted by atomic mass is 127. The Labute approximate surface area is 126 Å². The van der Waals surface area contributed by atoms with Gasteiger partial charge in [0.25, 0.3) is 0 Å². The van der Waals surface area contributed by atoms with Gasteiger partial charge < -0.3 is 5.11 Å². The molecular formula is C15H15IOS. The molecule has 0 saturated carbocycles. The molecule has 2 rings (SSSR count). The van der Waals surface area contributed by atoms with Crippen LogP contribution in [0.3, 0.4) is 0 Å². The quantitative estimate of drug-likeness (QED) is 0.794. The number of halogens is 1. The van der Waals surface area contributed by atoms with Gasteiger partial charge in [0.05, 0.1) is 11.9 Å². The van der Waals surface area contributed by atoms with E-state index < -0.39 is 0 Å². The molecule has 0 bridgehead atoms. The van der Waals surface area contributed by atoms with Crippen molar-refractivity contribution < 1.29 is 5.11 Å². The SMILES string of the molecule is OCC(SCc1ccccc1)c1ccc(I)cc1. The largest absolute Gasteiger partial charge is 0.395 e. The van der Waals surface area contributed by atoms with E-state index >= 15 is 0 Å². The van der Waals surface area contributed by atoms with E-state index in [2.05, 4.69) is 71.1 Å². The molecule has 2 aromatic carbocycles. The molecule has 1 unspecified atom stereocenters. The molecule has 0 heterocycles. The summed E-state index contributed by atoms with van der Waals surface area (Å²) in [6, 6.07) is 18.7. The van der Waals surface area contributed by atoms with Crippen LogP contribution in [0.5, 0.6) is 0 Å². The molecule has 0 aliphatic heterocycles. The summed E-state index contributed by atoms with van der Waals surface area (Å²) in [5.74, 6) is 0.929. The average molecular weight is 370 g/mol. The Morgan fingerprint density at radius 3 is 2.28 bits per heavy atom. The van der Waals surface area contributed by atoms with Crippen LogP contribution in [0.4, 0.5) is 0 Å². The molecule has 0 aliphatic carbocycles. The lowest BCUT2D eigenvalue weighted by Gasteiger charge is -2.14. The maximum absolute atomic E-state index is 9.50. The van der Waals surface area contributed by atoms with Gasteiger partial charge in [0.1, 0.15) is 0 Å². The van der Waals surface area contributed by atoms with Crippen molar-refractivity contribution in [2.75, 3.05) is 6.61 Å². The second kappa shape index (κ2) is 7.16. The predicted octanol–water partition coefficient (Wildman–Crippen LogP) is 4.26. The van der Waals surface area contributed by atoms with E-state index in [0.717, 1.165) is 5.75 Å². The molecule has 0 aromatic heterocycles. The molecular weight excluding hydrogens is 355 g/mol. The minimum atomic E-state index is 0.155. The van der Waals surface area contributed by atoms with Gasteiger partial charge in [-0.05, 0) is 45.9 Å². The summed E-state index contributed by atoms with van der Waals surface area (Å²) in [4.78, 5) is 0. The Kier molecular flexibility index (Phi) is 5.53. The van der Waals surface area contributed by atoms with Gasteiger partial charge >= 0.3 is 0 Å². The number of aliphatic hydroxyl groups excluding tert-OH is 1. The van der Waals surface area contributed by atoms with Crippen LogP contribution >= 0.6 is 34.4 Å². The average Bonchev–Trinajstić information content (AvgIpc) is 2.42. The Bertz CT molecular complexity index is 470. The molecule has 0 saturated heterocycles. The standard InChI is InChI=1S/C15H15IOS/c16-14-8-6-13(7-9-14)15(10-17)18-11-12-4-2-1-3-5-12/h1-9,15,17H,10-11H2. The van der Waals surface area contributed by atoms with Crippen molar-refractivity contribution in [3.63, 3.8) is 0 Å². The van der Waals surface area contributed by atoms with Crippen molar-refractivity contribution in [3.8, 4) is 0 Å². The normalized spacial score (nSPS) is 12.3. The topological polar surface area (TPSA) is 20.2 Å². The zero-order valence-corrected chi connectivity index (χ0v) is 12.9. The van der Waals surface area contributed by atoms with E-state index in [9.17, 15) is 5.11 Å². The molecule has 0 radical (unpaired) electrons. The van der Waals surface area contributed by atoms with E-state index in [4.69, 9.17) is 0 Å². The highest BCUT2D eigenvalue weighted by Gasteiger charge is 2.10. The first-order valence-electron chi connectivity index (χ1n) is 5.81. The molecule has 18 heavy (non-hydrogen) atoms. The molecule has 1 atom stereocenters. The van der Waals surface area contributed by atoms with E-state index in [1.54, 1.807) is 11.8 Å². The van der Waals surface area contributed by atoms with E-state index in [1.165, 1.54) is 14.7 Å². The van der Waals surface area contributed by atoms with Gasteiger partial charge in [0.15, 0.2) is 0 Å². The maximum Gasteiger partial charge on any atom is 0.0591 e. The van der Waals surface area contributed by atoms with Crippen molar-refractivity contribution in [3.05, 3.63) is 69.3 Å². The van der Waals surface area contributed by atoms with Gasteiger partial charge in [-0.25, -0.2) is 0 Å². The Morgan fingerprint density at radius 1 is 1.00 bits per heavy atom. The van der Waals surface area contributed by atoms with Crippen molar-refractivity contribution in [2.24, 2.45) is 0 Å². The lowest BCUT2D eigenvalue weighted by molar-refractivity contribution is 0.296. The van der Waals surface area contributed by atoms with Crippen molar-refractivity contribution in [2.45, 2.75) is 11.0 Å². The number of thioether (sulfide) groups is 1. The summed E-state index contributed by atoms with van der Waals surface area (Å²) in [7, 11) is 0. The summed E-state index contributed by atoms with van der Waals surface area (Å²) in [6.45, 7) is 0.179. The van der Waals surface area contributed by atoms with Crippen LogP contribution in [0.2, 0.25) is 0 Å². The Morgan fingerprint density at radius 2 is 1.67 bits per heavy atom. The predicted molar refractivity (Wildman–Crippen MR) is 86.7 cm³/mol. The first-order chi connectivity index (χ1) is 8.79. The van der Waals surface area contributed by atoms with Crippen molar-refractivity contribution in [1.82, 2.24) is 0 Å². The fourth-order valence-corrected chi connectivity index (χ4v) is 3.10. The van der Waals surface area contributed by atoms with Gasteiger partial charge in [0.2, 0.25) is 0 Å². The summed E-state index contributed by atoms with van der Waals surface area (Å²) >= 11 is 4.07. The molecule has 0 amide bonds. The van der Waals surface area contributed by atoms with E-state index in [-0.39, 0.29) is 11.9 Å². The first-order valence-corrected chi connectivity index (χ1v) is 7.94. The fourth-order valence-electron chi connectivity index (χ4n) is 1.70. The van der Waals surface area contributed by atoms with E-state index in [0.29, 0.717) is 0 Å². The molecule has 0 spiro atoms. The zero-order valence-electron chi connectivity index (χ0n) is 9.92. The zero-order chi connectivity index (χ0) is 12.8. The first kappa shape index (κ1) is 13.9. The van der Waals surface area contributed by atoms with Gasteiger partial charge in [-0.3, -0.25) is 0 Å². The third kappa shape index (κ3) is 4.00. The lowest BCUT2D eigenvalue weighted by Crippen LogP contribution is -2.00. The number of hydrogen-bond acceptors (Lipinski definition) is 2. The van der Waals surface area contributed by atoms with Gasteiger partial charge in [-0.2, -0.15) is 0 Å². The summed E-state index contributed by atoms with van der Waals surface area (Å²) < 4.78 is 1.22. The molecule has 1 nitrogen and oxygen atoms in total. The number of rotatable bonds is 5. The summed E-state index contributed by atoms with van der Waals surface area (Å²) in [6.07, 6.45) is 0. The minimum absolute atomic E-state index is 0.155. The second-order valence-corrected chi connectivity index (χ2v) is 6.46. The smallest absolute Gasteiger partial charge is 0.0591 e. The van der Waals surface area contributed by atoms with E-state index in [1.807, 2.05) is 6.07 Å². The molecule has 3 heteroatoms. The van der Waals surface area contributed by atoms with Crippen LogP contribution in [0, 0.1) is 3.57 Å². The fraction of sp³-hybridized carbons (Fsp3) is 0.200. The summed E-state index contributed by atoms with van der Waals surface area (Å²) in [5.41, 5.74) is 2.49. The van der Waals surface area contributed by atoms with Crippen LogP contribution in [-0.2, 0) is 5.75 Å². The monoisotopic (exact) mass is 370 g/mol. The third-order valence-corrected chi connectivity index (χ3v) is 4.74. The highest BCUT2D eigenvalue weighted by molar-refractivity contribution is 14.1. The van der Waals surface area contributed by atoms with Crippen molar-refractivity contribution in [1.29, 1.82) is 0 Å². The molecule has 1 N–H and O–H groups in total. The highest BCUT2D eigenvalue weighted by Crippen LogP contribution is 2.31. The number of aliphatic hydroxyl groups is 1. The van der Waals surface area contributed by atoms with Crippen LogP contribution in [0.25, 0.3) is 0 Å². The second-order valence-electron chi connectivity index (χ2n) is 4.02. The number of benzene rings is 2.